The predicted octanol–water partition coefficient (Wildman–Crippen LogP) is -0.283. The molecule has 0 saturated heterocycles. The third kappa shape index (κ3) is 2.83. The summed E-state index contributed by atoms with van der Waals surface area (Å²) in [6.07, 6.45) is 0. The molecule has 110 valence electrons. The number of hydrogen-bond acceptors (Lipinski definition) is 5. The average Bonchev–Trinajstić information content (AvgIpc) is 2.48. The normalized spacial score (nSPS) is 11.9. The van der Waals surface area contributed by atoms with Gasteiger partial charge in [-0.2, -0.15) is 0 Å². The van der Waals surface area contributed by atoms with Gasteiger partial charge in [-0.25, -0.2) is 14.3 Å². The second-order valence-electron chi connectivity index (χ2n) is 4.45. The highest BCUT2D eigenvalue weighted by molar-refractivity contribution is 5.78. The minimum atomic E-state index is -1.15. The number of anilines is 1. The monoisotopic (exact) mass is 290 g/mol. The largest absolute Gasteiger partial charge is 0.479 e. The molecule has 8 heteroatoms. The van der Waals surface area contributed by atoms with E-state index in [4.69, 9.17) is 0 Å². The van der Waals surface area contributed by atoms with Gasteiger partial charge < -0.3 is 10.4 Å². The van der Waals surface area contributed by atoms with Crippen LogP contribution in [0.25, 0.3) is 0 Å². The van der Waals surface area contributed by atoms with E-state index in [1.165, 1.54) is 14.1 Å². The molecule has 21 heavy (non-hydrogen) atoms. The van der Waals surface area contributed by atoms with Crippen LogP contribution in [0.3, 0.4) is 0 Å². The summed E-state index contributed by atoms with van der Waals surface area (Å²) in [5.41, 5.74) is -0.792. The van der Waals surface area contributed by atoms with E-state index >= 15 is 0 Å². The molecule has 0 aliphatic heterocycles. The minimum absolute atomic E-state index is 0.198. The van der Waals surface area contributed by atoms with Gasteiger partial charge in [0.1, 0.15) is 0 Å². The van der Waals surface area contributed by atoms with Gasteiger partial charge in [0.25, 0.3) is 5.56 Å². The highest BCUT2D eigenvalue weighted by Crippen LogP contribution is 2.16. The van der Waals surface area contributed by atoms with E-state index in [0.29, 0.717) is 5.56 Å². The van der Waals surface area contributed by atoms with Gasteiger partial charge in [-0.3, -0.25) is 9.36 Å². The van der Waals surface area contributed by atoms with Crippen molar-refractivity contribution in [2.75, 3.05) is 5.32 Å². The first-order valence-corrected chi connectivity index (χ1v) is 6.10. The summed E-state index contributed by atoms with van der Waals surface area (Å²) in [4.78, 5) is 34.9. The zero-order chi connectivity index (χ0) is 15.6. The first-order valence-electron chi connectivity index (χ1n) is 6.10. The summed E-state index contributed by atoms with van der Waals surface area (Å²) in [5, 5.41) is 15.6. The van der Waals surface area contributed by atoms with Crippen LogP contribution in [-0.2, 0) is 18.9 Å². The third-order valence-corrected chi connectivity index (χ3v) is 2.98. The molecule has 1 heterocycles. The lowest BCUT2D eigenvalue weighted by Gasteiger charge is -2.15. The van der Waals surface area contributed by atoms with Crippen LogP contribution >= 0.6 is 0 Å². The van der Waals surface area contributed by atoms with Crippen molar-refractivity contribution in [3.05, 3.63) is 56.7 Å². The number of aromatic nitrogens is 3. The minimum Gasteiger partial charge on any atom is -0.479 e. The van der Waals surface area contributed by atoms with Crippen LogP contribution in [0.15, 0.2) is 39.9 Å². The van der Waals surface area contributed by atoms with Crippen LogP contribution in [0.5, 0.6) is 0 Å². The van der Waals surface area contributed by atoms with Crippen molar-refractivity contribution in [1.82, 2.24) is 14.3 Å². The molecule has 0 aliphatic rings. The van der Waals surface area contributed by atoms with E-state index in [1.54, 1.807) is 30.3 Å². The highest BCUT2D eigenvalue weighted by atomic mass is 16.4. The molecule has 0 spiro atoms. The Bertz CT molecular complexity index is 779. The number of rotatable bonds is 4. The molecule has 2 N–H and O–H groups in total. The van der Waals surface area contributed by atoms with Gasteiger partial charge >= 0.3 is 11.7 Å². The van der Waals surface area contributed by atoms with Gasteiger partial charge in [0.15, 0.2) is 6.04 Å². The standard InChI is InChI=1S/C13H14N4O4/c1-16-11(18)10(15-17(2)13(16)21)14-9(12(19)20)8-6-4-3-5-7-8/h3-7,9H,1-2H3,(H,14,15)(H,19,20). The Morgan fingerprint density at radius 1 is 1.24 bits per heavy atom. The molecule has 0 saturated carbocycles. The van der Waals surface area contributed by atoms with Crippen molar-refractivity contribution >= 4 is 11.8 Å². The van der Waals surface area contributed by atoms with Gasteiger partial charge in [-0.1, -0.05) is 30.3 Å². The molecule has 1 aromatic carbocycles. The molecule has 1 aromatic heterocycles. The molecule has 1 atom stereocenters. The van der Waals surface area contributed by atoms with E-state index in [0.717, 1.165) is 9.25 Å². The quantitative estimate of drug-likeness (QED) is 0.802. The van der Waals surface area contributed by atoms with Crippen molar-refractivity contribution in [3.63, 3.8) is 0 Å². The van der Waals surface area contributed by atoms with Crippen LogP contribution in [-0.4, -0.2) is 25.4 Å². The van der Waals surface area contributed by atoms with E-state index in [-0.39, 0.29) is 5.82 Å². The number of aryl methyl sites for hydroxylation is 1. The molecule has 0 aliphatic carbocycles. The first-order chi connectivity index (χ1) is 9.91. The summed E-state index contributed by atoms with van der Waals surface area (Å²) in [5.74, 6) is -1.35. The van der Waals surface area contributed by atoms with E-state index in [2.05, 4.69) is 10.4 Å². The Morgan fingerprint density at radius 2 is 1.86 bits per heavy atom. The molecular weight excluding hydrogens is 276 g/mol. The molecule has 1 unspecified atom stereocenters. The maximum absolute atomic E-state index is 12.0. The first kappa shape index (κ1) is 14.5. The molecule has 0 amide bonds. The number of nitrogens with zero attached hydrogens (tertiary/aromatic N) is 3. The Morgan fingerprint density at radius 3 is 2.43 bits per heavy atom. The van der Waals surface area contributed by atoms with Crippen molar-refractivity contribution in [2.45, 2.75) is 6.04 Å². The second kappa shape index (κ2) is 5.61. The fourth-order valence-electron chi connectivity index (χ4n) is 1.86. The number of carboxylic acids is 1. The Balaban J connectivity index is 2.46. The summed E-state index contributed by atoms with van der Waals surface area (Å²) < 4.78 is 1.83. The van der Waals surface area contributed by atoms with E-state index < -0.39 is 23.3 Å². The molecule has 2 aromatic rings. The summed E-state index contributed by atoms with van der Waals surface area (Å²) in [6.45, 7) is 0. The lowest BCUT2D eigenvalue weighted by atomic mass is 10.1. The lowest BCUT2D eigenvalue weighted by Crippen LogP contribution is -2.40. The summed E-state index contributed by atoms with van der Waals surface area (Å²) in [6, 6.07) is 7.25. The van der Waals surface area contributed by atoms with E-state index in [1.807, 2.05) is 0 Å². The lowest BCUT2D eigenvalue weighted by molar-refractivity contribution is -0.138. The van der Waals surface area contributed by atoms with Gasteiger partial charge in [0, 0.05) is 14.1 Å². The van der Waals surface area contributed by atoms with Crippen molar-refractivity contribution < 1.29 is 9.90 Å². The molecular formula is C13H14N4O4. The topological polar surface area (TPSA) is 106 Å². The molecule has 0 radical (unpaired) electrons. The molecule has 2 rings (SSSR count). The van der Waals surface area contributed by atoms with Crippen molar-refractivity contribution in [3.8, 4) is 0 Å². The maximum Gasteiger partial charge on any atom is 0.346 e. The predicted molar refractivity (Wildman–Crippen MR) is 75.2 cm³/mol. The maximum atomic E-state index is 12.0. The Labute approximate surface area is 119 Å². The highest BCUT2D eigenvalue weighted by Gasteiger charge is 2.22. The fraction of sp³-hybridized carbons (Fsp3) is 0.231. The number of hydrogen-bond donors (Lipinski definition) is 2. The van der Waals surface area contributed by atoms with Crippen LogP contribution in [0.1, 0.15) is 11.6 Å². The van der Waals surface area contributed by atoms with E-state index in [9.17, 15) is 19.5 Å². The van der Waals surface area contributed by atoms with Crippen LogP contribution in [0, 0.1) is 0 Å². The third-order valence-electron chi connectivity index (χ3n) is 2.98. The zero-order valence-corrected chi connectivity index (χ0v) is 11.5. The SMILES string of the molecule is Cn1nc(NC(C(=O)O)c2ccccc2)c(=O)n(C)c1=O. The Hall–Kier alpha value is -2.90. The number of carbonyl (C=O) groups is 1. The van der Waals surface area contributed by atoms with Gasteiger partial charge in [-0.15, -0.1) is 5.10 Å². The van der Waals surface area contributed by atoms with Crippen LogP contribution in [0.2, 0.25) is 0 Å². The molecule has 0 fully saturated rings. The summed E-state index contributed by atoms with van der Waals surface area (Å²) in [7, 11) is 2.68. The van der Waals surface area contributed by atoms with Crippen molar-refractivity contribution in [2.24, 2.45) is 14.1 Å². The van der Waals surface area contributed by atoms with Gasteiger partial charge in [0.05, 0.1) is 0 Å². The number of carboxylic acid groups (broad SMARTS) is 1. The second-order valence-corrected chi connectivity index (χ2v) is 4.45. The number of nitrogens with one attached hydrogen (secondary N) is 1. The summed E-state index contributed by atoms with van der Waals surface area (Å²) >= 11 is 0. The Kier molecular flexibility index (Phi) is 3.88. The zero-order valence-electron chi connectivity index (χ0n) is 11.5. The number of benzene rings is 1. The molecule has 8 nitrogen and oxygen atoms in total. The van der Waals surface area contributed by atoms with Crippen LogP contribution in [0.4, 0.5) is 5.82 Å². The van der Waals surface area contributed by atoms with Crippen LogP contribution < -0.4 is 16.6 Å². The smallest absolute Gasteiger partial charge is 0.346 e. The van der Waals surface area contributed by atoms with Crippen molar-refractivity contribution in [1.29, 1.82) is 0 Å². The average molecular weight is 290 g/mol. The van der Waals surface area contributed by atoms with Gasteiger partial charge in [-0.05, 0) is 5.56 Å². The van der Waals surface area contributed by atoms with Gasteiger partial charge in [0.2, 0.25) is 5.82 Å². The fourth-order valence-corrected chi connectivity index (χ4v) is 1.86. The molecule has 0 bridgehead atoms. The number of aliphatic carboxylic acids is 1.